The van der Waals surface area contributed by atoms with Crippen LogP contribution in [0.4, 0.5) is 0 Å². The number of nitrogens with zero attached hydrogens (tertiary/aromatic N) is 1. The average molecular weight is 507 g/mol. The highest BCUT2D eigenvalue weighted by Crippen LogP contribution is 2.34. The summed E-state index contributed by atoms with van der Waals surface area (Å²) < 4.78 is 25.2. The monoisotopic (exact) mass is 506 g/mol. The summed E-state index contributed by atoms with van der Waals surface area (Å²) in [6, 6.07) is 6.08. The lowest BCUT2D eigenvalue weighted by atomic mass is 9.76. The maximum Gasteiger partial charge on any atom is 0.171 e. The van der Waals surface area contributed by atoms with E-state index in [9.17, 15) is 0 Å². The summed E-state index contributed by atoms with van der Waals surface area (Å²) in [5.41, 5.74) is 0. The third-order valence-corrected chi connectivity index (χ3v) is 7.71. The van der Waals surface area contributed by atoms with Crippen molar-refractivity contribution in [1.82, 2.24) is 0 Å². The highest BCUT2D eigenvalue weighted by molar-refractivity contribution is 4.83. The number of methoxy groups -OCH3 is 1. The van der Waals surface area contributed by atoms with Crippen LogP contribution >= 0.6 is 0 Å². The molecule has 0 amide bonds. The van der Waals surface area contributed by atoms with Gasteiger partial charge in [0.1, 0.15) is 12.7 Å². The predicted octanol–water partition coefficient (Wildman–Crippen LogP) is 6.77. The maximum atomic E-state index is 6.09. The van der Waals surface area contributed by atoms with Crippen molar-refractivity contribution in [3.8, 4) is 0 Å². The quantitative estimate of drug-likeness (QED) is 0.121. The van der Waals surface area contributed by atoms with E-state index in [0.717, 1.165) is 25.0 Å². The summed E-state index contributed by atoms with van der Waals surface area (Å²) in [4.78, 5) is 0. The molecule has 5 heteroatoms. The van der Waals surface area contributed by atoms with Crippen LogP contribution in [-0.2, 0) is 25.5 Å². The fourth-order valence-corrected chi connectivity index (χ4v) is 5.41. The van der Waals surface area contributed by atoms with Gasteiger partial charge in [0.25, 0.3) is 0 Å². The van der Waals surface area contributed by atoms with E-state index < -0.39 is 0 Å². The number of unbranched alkanes of at least 4 members (excludes halogenated alkanes) is 6. The number of hydrogen-bond acceptors (Lipinski definition) is 4. The lowest BCUT2D eigenvalue weighted by Gasteiger charge is -2.30. The van der Waals surface area contributed by atoms with Crippen molar-refractivity contribution in [2.75, 3.05) is 46.8 Å². The summed E-state index contributed by atoms with van der Waals surface area (Å²) in [5, 5.41) is 0. The highest BCUT2D eigenvalue weighted by atomic mass is 16.6. The van der Waals surface area contributed by atoms with Gasteiger partial charge in [-0.1, -0.05) is 96.5 Å². The van der Waals surface area contributed by atoms with Crippen LogP contribution < -0.4 is 4.57 Å². The Hall–Kier alpha value is -1.01. The minimum atomic E-state index is -0.0128. The molecule has 1 aromatic rings. The van der Waals surface area contributed by atoms with Crippen LogP contribution in [0.25, 0.3) is 0 Å². The van der Waals surface area contributed by atoms with Crippen molar-refractivity contribution in [2.24, 2.45) is 11.8 Å². The zero-order valence-corrected chi connectivity index (χ0v) is 23.5. The normalized spacial score (nSPS) is 16.3. The average Bonchev–Trinajstić information content (AvgIpc) is 2.93. The van der Waals surface area contributed by atoms with Gasteiger partial charge in [-0.15, -0.1) is 0 Å². The molecule has 1 heterocycles. The van der Waals surface area contributed by atoms with Crippen LogP contribution in [0.2, 0.25) is 0 Å². The molecular formula is C31H56NO4+. The maximum absolute atomic E-state index is 6.09. The lowest BCUT2D eigenvalue weighted by Crippen LogP contribution is -2.35. The Labute approximate surface area is 222 Å². The van der Waals surface area contributed by atoms with Crippen LogP contribution in [0.3, 0.4) is 0 Å². The van der Waals surface area contributed by atoms with Gasteiger partial charge < -0.3 is 18.9 Å². The van der Waals surface area contributed by atoms with Gasteiger partial charge in [-0.25, -0.2) is 4.57 Å². The first-order chi connectivity index (χ1) is 17.8. The minimum absolute atomic E-state index is 0.0128. The van der Waals surface area contributed by atoms with Crippen LogP contribution in [0, 0.1) is 11.8 Å². The molecule has 0 bridgehead atoms. The molecule has 0 spiro atoms. The van der Waals surface area contributed by atoms with Gasteiger partial charge in [-0.05, 0) is 18.3 Å². The second-order valence-electron chi connectivity index (χ2n) is 10.6. The molecule has 2 rings (SSSR count). The molecule has 2 unspecified atom stereocenters. The van der Waals surface area contributed by atoms with Crippen LogP contribution in [-0.4, -0.2) is 52.9 Å². The fraction of sp³-hybridized carbons (Fsp3) is 0.839. The molecule has 36 heavy (non-hydrogen) atoms. The Morgan fingerprint density at radius 3 is 2.11 bits per heavy atom. The van der Waals surface area contributed by atoms with E-state index in [0.29, 0.717) is 33.0 Å². The molecule has 1 aromatic heterocycles. The number of rotatable bonds is 23. The zero-order valence-electron chi connectivity index (χ0n) is 23.5. The van der Waals surface area contributed by atoms with Crippen molar-refractivity contribution >= 4 is 0 Å². The summed E-state index contributed by atoms with van der Waals surface area (Å²) >= 11 is 0. The Balaban J connectivity index is 1.52. The lowest BCUT2D eigenvalue weighted by molar-refractivity contribution is -0.698. The molecular weight excluding hydrogens is 450 g/mol. The number of hydrogen-bond donors (Lipinski definition) is 0. The second-order valence-corrected chi connectivity index (χ2v) is 10.6. The van der Waals surface area contributed by atoms with Gasteiger partial charge in [0.15, 0.2) is 18.9 Å². The van der Waals surface area contributed by atoms with Crippen molar-refractivity contribution < 1.29 is 23.5 Å². The standard InChI is InChI=1S/C31H56NO4/c1-3-4-5-6-7-8-11-18-30(29-16-12-9-13-17-29)19-23-35-27-31(33-2)28-36-26-25-34-24-22-32-20-14-10-15-21-32/h10,14-15,20-21,29-31H,3-9,11-13,16-19,22-28H2,1-2H3/q+1. The third kappa shape index (κ3) is 15.3. The van der Waals surface area contributed by atoms with Crippen LogP contribution in [0.5, 0.6) is 0 Å². The Kier molecular flexibility index (Phi) is 19.1. The molecule has 2 atom stereocenters. The van der Waals surface area contributed by atoms with Gasteiger partial charge in [0, 0.05) is 25.8 Å². The van der Waals surface area contributed by atoms with E-state index in [1.165, 1.54) is 89.9 Å². The number of pyridine rings is 1. The van der Waals surface area contributed by atoms with Gasteiger partial charge in [0.05, 0.1) is 26.4 Å². The Morgan fingerprint density at radius 2 is 1.39 bits per heavy atom. The van der Waals surface area contributed by atoms with E-state index in [-0.39, 0.29) is 6.10 Å². The second kappa shape index (κ2) is 22.0. The van der Waals surface area contributed by atoms with Crippen molar-refractivity contribution in [3.63, 3.8) is 0 Å². The first kappa shape index (κ1) is 31.2. The van der Waals surface area contributed by atoms with E-state index in [1.54, 1.807) is 7.11 Å². The van der Waals surface area contributed by atoms with E-state index in [2.05, 4.69) is 23.9 Å². The summed E-state index contributed by atoms with van der Waals surface area (Å²) in [6.07, 6.45) is 23.6. The summed E-state index contributed by atoms with van der Waals surface area (Å²) in [6.45, 7) is 7.04. The minimum Gasteiger partial charge on any atom is -0.379 e. The Morgan fingerprint density at radius 1 is 0.722 bits per heavy atom. The van der Waals surface area contributed by atoms with Crippen molar-refractivity contribution in [3.05, 3.63) is 30.6 Å². The molecule has 0 radical (unpaired) electrons. The number of aromatic nitrogens is 1. The molecule has 1 saturated carbocycles. The van der Waals surface area contributed by atoms with E-state index in [4.69, 9.17) is 18.9 Å². The van der Waals surface area contributed by atoms with E-state index >= 15 is 0 Å². The molecule has 0 saturated heterocycles. The SMILES string of the molecule is CCCCCCCCCC(CCOCC(COCCOCC[n+]1ccccc1)OC)C1CCCCC1. The molecule has 208 valence electrons. The molecule has 0 aromatic carbocycles. The fourth-order valence-electron chi connectivity index (χ4n) is 5.41. The number of ether oxygens (including phenoxy) is 4. The van der Waals surface area contributed by atoms with Crippen LogP contribution in [0.15, 0.2) is 30.6 Å². The first-order valence-corrected chi connectivity index (χ1v) is 15.0. The molecule has 0 aliphatic heterocycles. The summed E-state index contributed by atoms with van der Waals surface area (Å²) in [7, 11) is 1.75. The smallest absolute Gasteiger partial charge is 0.171 e. The highest BCUT2D eigenvalue weighted by Gasteiger charge is 2.23. The van der Waals surface area contributed by atoms with Crippen molar-refractivity contribution in [2.45, 2.75) is 109 Å². The van der Waals surface area contributed by atoms with Crippen molar-refractivity contribution in [1.29, 1.82) is 0 Å². The molecule has 1 aliphatic carbocycles. The first-order valence-electron chi connectivity index (χ1n) is 15.0. The third-order valence-electron chi connectivity index (χ3n) is 7.71. The van der Waals surface area contributed by atoms with E-state index in [1.807, 2.05) is 18.2 Å². The van der Waals surface area contributed by atoms with Gasteiger partial charge >= 0.3 is 0 Å². The Bertz CT molecular complexity index is 593. The molecule has 0 N–H and O–H groups in total. The van der Waals surface area contributed by atoms with Gasteiger partial charge in [-0.2, -0.15) is 0 Å². The van der Waals surface area contributed by atoms with Crippen LogP contribution in [0.1, 0.15) is 96.8 Å². The predicted molar refractivity (Wildman–Crippen MR) is 147 cm³/mol. The molecule has 5 nitrogen and oxygen atoms in total. The molecule has 1 fully saturated rings. The topological polar surface area (TPSA) is 40.8 Å². The molecule has 1 aliphatic rings. The van der Waals surface area contributed by atoms with Gasteiger partial charge in [-0.3, -0.25) is 0 Å². The summed E-state index contributed by atoms with van der Waals surface area (Å²) in [5.74, 6) is 1.76. The zero-order chi connectivity index (χ0) is 25.5. The largest absolute Gasteiger partial charge is 0.379 e. The van der Waals surface area contributed by atoms with Gasteiger partial charge in [0.2, 0.25) is 0 Å².